The summed E-state index contributed by atoms with van der Waals surface area (Å²) in [6.07, 6.45) is 7.98. The maximum Gasteiger partial charge on any atom is 0.147 e. The number of benzene rings is 1. The summed E-state index contributed by atoms with van der Waals surface area (Å²) in [6, 6.07) is 10.2. The van der Waals surface area contributed by atoms with Gasteiger partial charge in [0.15, 0.2) is 0 Å². The van der Waals surface area contributed by atoms with Crippen LogP contribution in [0.25, 0.3) is 0 Å². The fourth-order valence-corrected chi connectivity index (χ4v) is 2.01. The van der Waals surface area contributed by atoms with Crippen molar-refractivity contribution >= 4 is 24.2 Å². The lowest BCUT2D eigenvalue weighted by Gasteiger charge is -2.08. The minimum Gasteiger partial charge on any atom is -0.396 e. The number of nitrogens with one attached hydrogen (secondary N) is 2. The topological polar surface area (TPSA) is 73.7 Å². The molecule has 1 aromatic carbocycles. The first kappa shape index (κ1) is 25.4. The van der Waals surface area contributed by atoms with Gasteiger partial charge in [-0.1, -0.05) is 54.6 Å². The van der Waals surface area contributed by atoms with Crippen LogP contribution in [0.2, 0.25) is 0 Å². The molecule has 0 unspecified atom stereocenters. The van der Waals surface area contributed by atoms with Gasteiger partial charge in [-0.3, -0.25) is 9.79 Å². The highest BCUT2D eigenvalue weighted by atomic mass is 35.5. The van der Waals surface area contributed by atoms with Crippen molar-refractivity contribution in [1.82, 2.24) is 10.6 Å². The van der Waals surface area contributed by atoms with Crippen LogP contribution in [0.4, 0.5) is 0 Å². The third-order valence-electron chi connectivity index (χ3n) is 3.48. The van der Waals surface area contributed by atoms with Crippen LogP contribution >= 0.6 is 11.6 Å². The van der Waals surface area contributed by atoms with Crippen LogP contribution in [0.3, 0.4) is 0 Å². The Hall–Kier alpha value is -2.63. The third kappa shape index (κ3) is 11.9. The van der Waals surface area contributed by atoms with Gasteiger partial charge in [0.1, 0.15) is 6.29 Å². The molecule has 0 atom stereocenters. The Kier molecular flexibility index (Phi) is 15.0. The van der Waals surface area contributed by atoms with E-state index in [1.165, 1.54) is 5.56 Å². The van der Waals surface area contributed by atoms with E-state index in [-0.39, 0.29) is 6.61 Å². The summed E-state index contributed by atoms with van der Waals surface area (Å²) in [5.74, 6) is 0. The molecule has 0 aliphatic carbocycles. The maximum atomic E-state index is 10.7. The van der Waals surface area contributed by atoms with E-state index in [0.717, 1.165) is 17.8 Å². The van der Waals surface area contributed by atoms with E-state index in [1.807, 2.05) is 44.2 Å². The molecule has 5 nitrogen and oxygen atoms in total. The summed E-state index contributed by atoms with van der Waals surface area (Å²) in [6.45, 7) is 8.14. The molecule has 1 rings (SSSR count). The predicted octanol–water partition coefficient (Wildman–Crippen LogP) is 4.08. The van der Waals surface area contributed by atoms with Crippen molar-refractivity contribution < 1.29 is 9.90 Å². The van der Waals surface area contributed by atoms with Gasteiger partial charge in [0.2, 0.25) is 0 Å². The van der Waals surface area contributed by atoms with Crippen molar-refractivity contribution in [3.05, 3.63) is 82.7 Å². The van der Waals surface area contributed by atoms with E-state index < -0.39 is 0 Å². The summed E-state index contributed by atoms with van der Waals surface area (Å²) in [4.78, 5) is 14.5. The van der Waals surface area contributed by atoms with E-state index in [0.29, 0.717) is 23.3 Å². The molecule has 0 amide bonds. The largest absolute Gasteiger partial charge is 0.396 e. The smallest absolute Gasteiger partial charge is 0.147 e. The van der Waals surface area contributed by atoms with E-state index in [1.54, 1.807) is 19.6 Å². The Morgan fingerprint density at radius 1 is 1.32 bits per heavy atom. The van der Waals surface area contributed by atoms with Crippen LogP contribution in [0.5, 0.6) is 0 Å². The molecule has 0 fully saturated rings. The molecule has 0 radical (unpaired) electrons. The van der Waals surface area contributed by atoms with Gasteiger partial charge in [-0.2, -0.15) is 0 Å². The Balaban J connectivity index is 0.000000567. The molecule has 0 bridgehead atoms. The second-order valence-electron chi connectivity index (χ2n) is 5.65. The van der Waals surface area contributed by atoms with Crippen molar-refractivity contribution in [2.24, 2.45) is 4.99 Å². The highest BCUT2D eigenvalue weighted by Crippen LogP contribution is 2.15. The van der Waals surface area contributed by atoms with E-state index in [2.05, 4.69) is 34.3 Å². The zero-order valence-corrected chi connectivity index (χ0v) is 17.5. The molecular weight excluding hydrogens is 374 g/mol. The number of hydrogen-bond acceptors (Lipinski definition) is 4. The minimum atomic E-state index is -0.0594. The van der Waals surface area contributed by atoms with Crippen LogP contribution in [0, 0.1) is 0 Å². The van der Waals surface area contributed by atoms with Gasteiger partial charge in [-0.05, 0) is 31.1 Å². The highest BCUT2D eigenvalue weighted by molar-refractivity contribution is 6.31. The molecule has 0 spiro atoms. The predicted molar refractivity (Wildman–Crippen MR) is 119 cm³/mol. The number of aliphatic hydroxyl groups is 1. The maximum absolute atomic E-state index is 10.7. The fourth-order valence-electron chi connectivity index (χ4n) is 1.91. The standard InChI is InChI=1S/C13H18ClNO2.C9H12N2/c1-4-5-13(10(2)11(3)14)15-8-12(9-17)6-7-16;1-10-8-11-7-9-5-3-2-4-6-9/h4-5,8-9,15-16H,3,6-7H2,1-2H3;2-6,8H,7H2,1H3,(H,10,11)/b5-4-,12-8-,13-10+;. The van der Waals surface area contributed by atoms with E-state index in [9.17, 15) is 4.79 Å². The monoisotopic (exact) mass is 403 g/mol. The first-order valence-corrected chi connectivity index (χ1v) is 9.25. The summed E-state index contributed by atoms with van der Waals surface area (Å²) in [5.41, 5.74) is 3.33. The second-order valence-corrected chi connectivity index (χ2v) is 6.11. The third-order valence-corrected chi connectivity index (χ3v) is 3.76. The van der Waals surface area contributed by atoms with Crippen LogP contribution in [-0.2, 0) is 11.3 Å². The zero-order chi connectivity index (χ0) is 21.2. The number of halogens is 1. The minimum absolute atomic E-state index is 0.0594. The van der Waals surface area contributed by atoms with Crippen molar-refractivity contribution in [3.63, 3.8) is 0 Å². The van der Waals surface area contributed by atoms with Crippen molar-refractivity contribution in [3.8, 4) is 0 Å². The fraction of sp³-hybridized carbons (Fsp3) is 0.273. The Bertz CT molecular complexity index is 708. The number of allylic oxidation sites excluding steroid dienone is 4. The number of carbonyl (C=O) groups excluding carboxylic acids is 1. The number of carbonyl (C=O) groups is 1. The number of aldehydes is 1. The van der Waals surface area contributed by atoms with Gasteiger partial charge in [0.05, 0.1) is 6.34 Å². The Labute approximate surface area is 173 Å². The summed E-state index contributed by atoms with van der Waals surface area (Å²) >= 11 is 5.81. The van der Waals surface area contributed by atoms with Gasteiger partial charge in [0.25, 0.3) is 0 Å². The SMILES string of the molecule is C=C(Cl)/C(C)=C(\C=C/C)N/C=C(\C=O)CCO.CN=CNCc1ccccc1. The van der Waals surface area contributed by atoms with Crippen LogP contribution < -0.4 is 10.6 Å². The first-order chi connectivity index (χ1) is 13.5. The van der Waals surface area contributed by atoms with Crippen LogP contribution in [0.1, 0.15) is 25.8 Å². The highest BCUT2D eigenvalue weighted by Gasteiger charge is 2.01. The second kappa shape index (κ2) is 16.5. The van der Waals surface area contributed by atoms with Gasteiger partial charge >= 0.3 is 0 Å². The molecule has 28 heavy (non-hydrogen) atoms. The van der Waals surface area contributed by atoms with E-state index >= 15 is 0 Å². The van der Waals surface area contributed by atoms with Crippen molar-refractivity contribution in [2.75, 3.05) is 13.7 Å². The van der Waals surface area contributed by atoms with Gasteiger partial charge in [0, 0.05) is 49.1 Å². The number of nitrogens with zero attached hydrogens (tertiary/aromatic N) is 1. The molecule has 0 heterocycles. The van der Waals surface area contributed by atoms with Gasteiger partial charge in [-0.15, -0.1) is 0 Å². The lowest BCUT2D eigenvalue weighted by molar-refractivity contribution is -0.105. The number of aliphatic imine (C=N–C) groups is 1. The van der Waals surface area contributed by atoms with Gasteiger partial charge in [-0.25, -0.2) is 0 Å². The van der Waals surface area contributed by atoms with Crippen LogP contribution in [0.15, 0.2) is 82.1 Å². The summed E-state index contributed by atoms with van der Waals surface area (Å²) < 4.78 is 0. The van der Waals surface area contributed by atoms with Gasteiger partial charge < -0.3 is 15.7 Å². The Morgan fingerprint density at radius 3 is 2.50 bits per heavy atom. The molecule has 1 aromatic rings. The van der Waals surface area contributed by atoms with Crippen LogP contribution in [-0.4, -0.2) is 31.4 Å². The quantitative estimate of drug-likeness (QED) is 0.181. The summed E-state index contributed by atoms with van der Waals surface area (Å²) in [7, 11) is 1.75. The summed E-state index contributed by atoms with van der Waals surface area (Å²) in [5, 5.41) is 15.2. The average molecular weight is 404 g/mol. The zero-order valence-electron chi connectivity index (χ0n) is 16.8. The van der Waals surface area contributed by atoms with Crippen molar-refractivity contribution in [2.45, 2.75) is 26.8 Å². The molecule has 0 saturated carbocycles. The average Bonchev–Trinajstić information content (AvgIpc) is 2.71. The molecule has 0 aliphatic rings. The molecule has 3 N–H and O–H groups in total. The first-order valence-electron chi connectivity index (χ1n) is 8.88. The number of aliphatic hydroxyl groups excluding tert-OH is 1. The lowest BCUT2D eigenvalue weighted by atomic mass is 10.2. The Morgan fingerprint density at radius 2 is 2.00 bits per heavy atom. The molecule has 0 aromatic heterocycles. The molecule has 0 aliphatic heterocycles. The molecule has 0 saturated heterocycles. The van der Waals surface area contributed by atoms with E-state index in [4.69, 9.17) is 16.7 Å². The number of rotatable bonds is 10. The lowest BCUT2D eigenvalue weighted by Crippen LogP contribution is -2.09. The van der Waals surface area contributed by atoms with Crippen molar-refractivity contribution in [1.29, 1.82) is 0 Å². The number of hydrogen-bond donors (Lipinski definition) is 3. The molecule has 6 heteroatoms. The normalized spacial score (nSPS) is 12.2. The molecular formula is C22H30ClN3O2. The molecule has 152 valence electrons.